The summed E-state index contributed by atoms with van der Waals surface area (Å²) < 4.78 is 0. The van der Waals surface area contributed by atoms with E-state index in [0.29, 0.717) is 0 Å². The summed E-state index contributed by atoms with van der Waals surface area (Å²) in [6.45, 7) is 6.18. The number of nitro groups is 1. The van der Waals surface area contributed by atoms with E-state index in [1.165, 1.54) is 25.0 Å². The van der Waals surface area contributed by atoms with Gasteiger partial charge in [0.25, 0.3) is 5.69 Å². The molecule has 1 aromatic rings. The van der Waals surface area contributed by atoms with Crippen molar-refractivity contribution in [1.82, 2.24) is 0 Å². The van der Waals surface area contributed by atoms with Crippen molar-refractivity contribution in [3.8, 4) is 0 Å². The number of non-ortho nitro benzene ring substituents is 1. The highest BCUT2D eigenvalue weighted by Gasteiger charge is 2.05. The molecular formula is C13H17NO2S. The average Bonchev–Trinajstić information content (AvgIpc) is 2.30. The number of nitro benzene ring substituents is 1. The molecule has 0 unspecified atom stereocenters. The van der Waals surface area contributed by atoms with Gasteiger partial charge in [0.15, 0.2) is 0 Å². The van der Waals surface area contributed by atoms with E-state index in [1.807, 2.05) is 0 Å². The number of nitrogens with zero attached hydrogens (tertiary/aromatic N) is 1. The summed E-state index contributed by atoms with van der Waals surface area (Å²) in [4.78, 5) is 12.2. The summed E-state index contributed by atoms with van der Waals surface area (Å²) in [5.41, 5.74) is 0.131. The largest absolute Gasteiger partial charge is 0.269 e. The topological polar surface area (TPSA) is 43.1 Å². The molecule has 0 radical (unpaired) electrons. The Morgan fingerprint density at radius 1 is 1.35 bits per heavy atom. The van der Waals surface area contributed by atoms with Crippen molar-refractivity contribution >= 4 is 17.4 Å². The Bertz CT molecular complexity index is 387. The van der Waals surface area contributed by atoms with Gasteiger partial charge in [-0.2, -0.15) is 0 Å². The fraction of sp³-hybridized carbons (Fsp3) is 0.385. The Balaban J connectivity index is 2.46. The van der Waals surface area contributed by atoms with Crippen LogP contribution in [0.1, 0.15) is 32.6 Å². The lowest BCUT2D eigenvalue weighted by molar-refractivity contribution is -0.384. The minimum Gasteiger partial charge on any atom is -0.258 e. The Labute approximate surface area is 106 Å². The molecule has 1 rings (SSSR count). The molecule has 0 bridgehead atoms. The van der Waals surface area contributed by atoms with Crippen molar-refractivity contribution in [2.75, 3.05) is 0 Å². The van der Waals surface area contributed by atoms with Crippen LogP contribution in [-0.2, 0) is 0 Å². The predicted octanol–water partition coefficient (Wildman–Crippen LogP) is 4.78. The minimum absolute atomic E-state index is 0.131. The van der Waals surface area contributed by atoms with Crippen molar-refractivity contribution in [3.05, 3.63) is 45.9 Å². The number of benzene rings is 1. The third kappa shape index (κ3) is 5.04. The van der Waals surface area contributed by atoms with Crippen LogP contribution < -0.4 is 0 Å². The molecule has 0 aromatic heterocycles. The lowest BCUT2D eigenvalue weighted by Gasteiger charge is -2.04. The summed E-state index contributed by atoms with van der Waals surface area (Å²) in [5, 5.41) is 10.5. The second kappa shape index (κ2) is 7.12. The molecule has 0 heterocycles. The molecule has 92 valence electrons. The molecule has 1 aromatic carbocycles. The standard InChI is InChI=1S/C13H17NO2S/c1-3-4-5-6-11(2)17-13-9-7-12(8-10-13)14(15)16/h7-10H,2-6H2,1H3. The number of rotatable bonds is 7. The minimum atomic E-state index is -0.384. The van der Waals surface area contributed by atoms with E-state index >= 15 is 0 Å². The molecule has 0 amide bonds. The lowest BCUT2D eigenvalue weighted by atomic mass is 10.2. The van der Waals surface area contributed by atoms with Crippen LogP contribution in [0.5, 0.6) is 0 Å². The maximum absolute atomic E-state index is 10.5. The lowest BCUT2D eigenvalue weighted by Crippen LogP contribution is -1.86. The van der Waals surface area contributed by atoms with Crippen molar-refractivity contribution in [2.45, 2.75) is 37.5 Å². The van der Waals surface area contributed by atoms with Gasteiger partial charge in [-0.05, 0) is 29.9 Å². The van der Waals surface area contributed by atoms with Gasteiger partial charge in [-0.3, -0.25) is 10.1 Å². The van der Waals surface area contributed by atoms with Crippen LogP contribution in [0.25, 0.3) is 0 Å². The van der Waals surface area contributed by atoms with Crippen molar-refractivity contribution < 1.29 is 4.92 Å². The third-order valence-corrected chi connectivity index (χ3v) is 3.37. The van der Waals surface area contributed by atoms with Crippen LogP contribution >= 0.6 is 11.8 Å². The number of hydrogen-bond acceptors (Lipinski definition) is 3. The SMILES string of the molecule is C=C(CCCCC)Sc1ccc([N+](=O)[O-])cc1. The fourth-order valence-corrected chi connectivity index (χ4v) is 2.28. The van der Waals surface area contributed by atoms with E-state index in [1.54, 1.807) is 23.9 Å². The van der Waals surface area contributed by atoms with Gasteiger partial charge >= 0.3 is 0 Å². The zero-order chi connectivity index (χ0) is 12.7. The van der Waals surface area contributed by atoms with Gasteiger partial charge in [-0.1, -0.05) is 38.1 Å². The van der Waals surface area contributed by atoms with Crippen molar-refractivity contribution in [1.29, 1.82) is 0 Å². The smallest absolute Gasteiger partial charge is 0.258 e. The Hall–Kier alpha value is -1.29. The van der Waals surface area contributed by atoms with Crippen LogP contribution in [0.4, 0.5) is 5.69 Å². The third-order valence-electron chi connectivity index (χ3n) is 2.37. The summed E-state index contributed by atoms with van der Waals surface area (Å²) in [6, 6.07) is 6.60. The molecular weight excluding hydrogens is 234 g/mol. The maximum atomic E-state index is 10.5. The molecule has 0 aliphatic heterocycles. The van der Waals surface area contributed by atoms with Crippen LogP contribution in [0.2, 0.25) is 0 Å². The average molecular weight is 251 g/mol. The maximum Gasteiger partial charge on any atom is 0.269 e. The second-order valence-corrected chi connectivity index (χ2v) is 5.10. The van der Waals surface area contributed by atoms with Gasteiger partial charge < -0.3 is 0 Å². The van der Waals surface area contributed by atoms with Crippen LogP contribution in [0.15, 0.2) is 40.6 Å². The van der Waals surface area contributed by atoms with Gasteiger partial charge in [0.2, 0.25) is 0 Å². The normalized spacial score (nSPS) is 10.2. The highest BCUT2D eigenvalue weighted by molar-refractivity contribution is 8.03. The summed E-state index contributed by atoms with van der Waals surface area (Å²) in [7, 11) is 0. The molecule has 0 saturated carbocycles. The van der Waals surface area contributed by atoms with Crippen LogP contribution in [0, 0.1) is 10.1 Å². The highest BCUT2D eigenvalue weighted by Crippen LogP contribution is 2.29. The first-order chi connectivity index (χ1) is 8.13. The van der Waals surface area contributed by atoms with E-state index in [9.17, 15) is 10.1 Å². The van der Waals surface area contributed by atoms with E-state index in [2.05, 4.69) is 13.5 Å². The quantitative estimate of drug-likeness (QED) is 0.303. The number of unbranched alkanes of at least 4 members (excludes halogenated alkanes) is 2. The first-order valence-electron chi connectivity index (χ1n) is 5.73. The van der Waals surface area contributed by atoms with E-state index < -0.39 is 0 Å². The van der Waals surface area contributed by atoms with Crippen molar-refractivity contribution in [3.63, 3.8) is 0 Å². The van der Waals surface area contributed by atoms with Gasteiger partial charge in [0, 0.05) is 17.0 Å². The molecule has 0 aliphatic rings. The Morgan fingerprint density at radius 3 is 2.53 bits per heavy atom. The monoisotopic (exact) mass is 251 g/mol. The molecule has 0 saturated heterocycles. The van der Waals surface area contributed by atoms with Gasteiger partial charge in [0.1, 0.15) is 0 Å². The van der Waals surface area contributed by atoms with E-state index in [0.717, 1.165) is 22.6 Å². The summed E-state index contributed by atoms with van der Waals surface area (Å²) in [5.74, 6) is 0. The van der Waals surface area contributed by atoms with Crippen molar-refractivity contribution in [2.24, 2.45) is 0 Å². The van der Waals surface area contributed by atoms with Crippen LogP contribution in [0.3, 0.4) is 0 Å². The zero-order valence-corrected chi connectivity index (χ0v) is 10.8. The zero-order valence-electron chi connectivity index (χ0n) is 10.0. The first-order valence-corrected chi connectivity index (χ1v) is 6.55. The number of hydrogen-bond donors (Lipinski definition) is 0. The number of allylic oxidation sites excluding steroid dienone is 1. The first kappa shape index (κ1) is 13.8. The Kier molecular flexibility index (Phi) is 5.77. The fourth-order valence-electron chi connectivity index (χ4n) is 1.43. The molecule has 0 aliphatic carbocycles. The molecule has 0 N–H and O–H groups in total. The molecule has 0 spiro atoms. The second-order valence-electron chi connectivity index (χ2n) is 3.85. The molecule has 0 fully saturated rings. The highest BCUT2D eigenvalue weighted by atomic mass is 32.2. The summed E-state index contributed by atoms with van der Waals surface area (Å²) in [6.07, 6.45) is 4.60. The number of thioether (sulfide) groups is 1. The van der Waals surface area contributed by atoms with E-state index in [4.69, 9.17) is 0 Å². The van der Waals surface area contributed by atoms with Crippen LogP contribution in [-0.4, -0.2) is 4.92 Å². The van der Waals surface area contributed by atoms with Gasteiger partial charge in [-0.25, -0.2) is 0 Å². The van der Waals surface area contributed by atoms with E-state index in [-0.39, 0.29) is 10.6 Å². The molecule has 17 heavy (non-hydrogen) atoms. The Morgan fingerprint density at radius 2 is 2.00 bits per heavy atom. The van der Waals surface area contributed by atoms with Gasteiger partial charge in [-0.15, -0.1) is 0 Å². The predicted molar refractivity (Wildman–Crippen MR) is 72.2 cm³/mol. The van der Waals surface area contributed by atoms with Gasteiger partial charge in [0.05, 0.1) is 4.92 Å². The summed E-state index contributed by atoms with van der Waals surface area (Å²) >= 11 is 1.60. The molecule has 3 nitrogen and oxygen atoms in total. The molecule has 0 atom stereocenters. The molecule has 4 heteroatoms.